The van der Waals surface area contributed by atoms with Gasteiger partial charge in [-0.3, -0.25) is 4.79 Å². The zero-order valence-electron chi connectivity index (χ0n) is 12.9. The maximum absolute atomic E-state index is 12.4. The number of benzene rings is 1. The lowest BCUT2D eigenvalue weighted by atomic mass is 10.2. The van der Waals surface area contributed by atoms with Gasteiger partial charge in [0, 0.05) is 32.2 Å². The summed E-state index contributed by atoms with van der Waals surface area (Å²) in [5, 5.41) is 0. The molecule has 0 spiro atoms. The van der Waals surface area contributed by atoms with Crippen molar-refractivity contribution < 1.29 is 13.9 Å². The Morgan fingerprint density at radius 2 is 1.83 bits per heavy atom. The van der Waals surface area contributed by atoms with Gasteiger partial charge in [-0.2, -0.15) is 0 Å². The van der Waals surface area contributed by atoms with Crippen molar-refractivity contribution in [3.8, 4) is 5.75 Å². The number of amides is 1. The molecule has 23 heavy (non-hydrogen) atoms. The van der Waals surface area contributed by atoms with Crippen molar-refractivity contribution in [2.75, 3.05) is 38.2 Å². The van der Waals surface area contributed by atoms with Gasteiger partial charge < -0.3 is 19.0 Å². The molecule has 1 aromatic carbocycles. The van der Waals surface area contributed by atoms with E-state index in [4.69, 9.17) is 9.15 Å². The molecule has 0 saturated carbocycles. The van der Waals surface area contributed by atoms with Crippen molar-refractivity contribution in [3.05, 3.63) is 58.6 Å². The average Bonchev–Trinajstić information content (AvgIpc) is 2.62. The third-order valence-electron chi connectivity index (χ3n) is 3.94. The molecule has 1 amide bonds. The molecule has 6 nitrogen and oxygen atoms in total. The van der Waals surface area contributed by atoms with Crippen LogP contribution in [0.15, 0.2) is 51.9 Å². The number of piperazine rings is 1. The Balaban J connectivity index is 1.67. The Morgan fingerprint density at radius 1 is 1.09 bits per heavy atom. The zero-order chi connectivity index (χ0) is 16.2. The van der Waals surface area contributed by atoms with Gasteiger partial charge in [0.25, 0.3) is 5.91 Å². The van der Waals surface area contributed by atoms with Crippen LogP contribution in [0.1, 0.15) is 10.4 Å². The lowest BCUT2D eigenvalue weighted by Gasteiger charge is -2.36. The van der Waals surface area contributed by atoms with E-state index >= 15 is 0 Å². The largest absolute Gasteiger partial charge is 0.495 e. The fraction of sp³-hybridized carbons (Fsp3) is 0.294. The van der Waals surface area contributed by atoms with Crippen molar-refractivity contribution in [1.82, 2.24) is 4.90 Å². The summed E-state index contributed by atoms with van der Waals surface area (Å²) in [5.74, 6) is 0.713. The van der Waals surface area contributed by atoms with Gasteiger partial charge in [0.05, 0.1) is 18.4 Å². The van der Waals surface area contributed by atoms with E-state index in [0.717, 1.165) is 24.5 Å². The average molecular weight is 314 g/mol. The third kappa shape index (κ3) is 3.21. The molecule has 1 saturated heterocycles. The fourth-order valence-corrected chi connectivity index (χ4v) is 2.70. The second-order valence-electron chi connectivity index (χ2n) is 5.29. The summed E-state index contributed by atoms with van der Waals surface area (Å²) in [4.78, 5) is 27.3. The molecule has 1 aromatic heterocycles. The van der Waals surface area contributed by atoms with Crippen LogP contribution in [0.4, 0.5) is 5.69 Å². The standard InChI is InChI=1S/C17H18N2O4/c1-22-15-5-3-2-4-14(15)18-8-10-19(11-9-18)17(21)13-6-7-16(20)23-12-13/h2-7,12H,8-11H2,1H3. The Bertz CT molecular complexity index is 728. The molecule has 1 aliphatic rings. The van der Waals surface area contributed by atoms with Crippen LogP contribution in [-0.2, 0) is 0 Å². The molecule has 3 rings (SSSR count). The molecular weight excluding hydrogens is 296 g/mol. The molecule has 0 atom stereocenters. The van der Waals surface area contributed by atoms with E-state index in [1.54, 1.807) is 12.0 Å². The van der Waals surface area contributed by atoms with Crippen LogP contribution in [0, 0.1) is 0 Å². The van der Waals surface area contributed by atoms with Crippen molar-refractivity contribution in [3.63, 3.8) is 0 Å². The summed E-state index contributed by atoms with van der Waals surface area (Å²) in [5.41, 5.74) is 0.977. The van der Waals surface area contributed by atoms with Crippen LogP contribution < -0.4 is 15.3 Å². The molecule has 1 fully saturated rings. The van der Waals surface area contributed by atoms with E-state index in [0.29, 0.717) is 18.7 Å². The molecule has 2 heterocycles. The highest BCUT2D eigenvalue weighted by Gasteiger charge is 2.23. The minimum absolute atomic E-state index is 0.117. The zero-order valence-corrected chi connectivity index (χ0v) is 12.9. The monoisotopic (exact) mass is 314 g/mol. The first kappa shape index (κ1) is 15.1. The number of methoxy groups -OCH3 is 1. The van der Waals surface area contributed by atoms with E-state index < -0.39 is 5.63 Å². The lowest BCUT2D eigenvalue weighted by Crippen LogP contribution is -2.48. The predicted octanol–water partition coefficient (Wildman–Crippen LogP) is 1.61. The first-order valence-electron chi connectivity index (χ1n) is 7.45. The minimum atomic E-state index is -0.456. The van der Waals surface area contributed by atoms with Crippen molar-refractivity contribution in [2.45, 2.75) is 0 Å². The number of nitrogens with zero attached hydrogens (tertiary/aromatic N) is 2. The summed E-state index contributed by atoms with van der Waals surface area (Å²) in [7, 11) is 1.65. The first-order chi connectivity index (χ1) is 11.2. The van der Waals surface area contributed by atoms with Crippen molar-refractivity contribution >= 4 is 11.6 Å². The Morgan fingerprint density at radius 3 is 2.48 bits per heavy atom. The van der Waals surface area contributed by atoms with Gasteiger partial charge in [-0.15, -0.1) is 0 Å². The van der Waals surface area contributed by atoms with E-state index in [-0.39, 0.29) is 5.91 Å². The molecule has 1 aliphatic heterocycles. The first-order valence-corrected chi connectivity index (χ1v) is 7.45. The molecule has 6 heteroatoms. The molecular formula is C17H18N2O4. The van der Waals surface area contributed by atoms with Crippen LogP contribution in [0.5, 0.6) is 5.75 Å². The summed E-state index contributed by atoms with van der Waals surface area (Å²) in [6, 6.07) is 10.6. The van der Waals surface area contributed by atoms with E-state index in [9.17, 15) is 9.59 Å². The topological polar surface area (TPSA) is 63.0 Å². The summed E-state index contributed by atoms with van der Waals surface area (Å²) < 4.78 is 10.2. The van der Waals surface area contributed by atoms with Crippen LogP contribution in [0.25, 0.3) is 0 Å². The number of anilines is 1. The van der Waals surface area contributed by atoms with Gasteiger partial charge in [-0.05, 0) is 18.2 Å². The van der Waals surface area contributed by atoms with Gasteiger partial charge in [0.15, 0.2) is 0 Å². The van der Waals surface area contributed by atoms with Crippen LogP contribution in [0.2, 0.25) is 0 Å². The quantitative estimate of drug-likeness (QED) is 0.861. The Labute approximate surface area is 133 Å². The number of ether oxygens (including phenoxy) is 1. The summed E-state index contributed by atoms with van der Waals surface area (Å²) >= 11 is 0. The number of carbonyl (C=O) groups is 1. The molecule has 0 bridgehead atoms. The van der Waals surface area contributed by atoms with Crippen LogP contribution >= 0.6 is 0 Å². The Kier molecular flexibility index (Phi) is 4.32. The molecule has 120 valence electrons. The van der Waals surface area contributed by atoms with E-state index in [1.165, 1.54) is 18.4 Å². The fourth-order valence-electron chi connectivity index (χ4n) is 2.70. The lowest BCUT2D eigenvalue weighted by molar-refractivity contribution is 0.0744. The van der Waals surface area contributed by atoms with Crippen molar-refractivity contribution in [1.29, 1.82) is 0 Å². The maximum Gasteiger partial charge on any atom is 0.335 e. The Hall–Kier alpha value is -2.76. The number of hydrogen-bond donors (Lipinski definition) is 0. The molecule has 0 N–H and O–H groups in total. The van der Waals surface area contributed by atoms with Gasteiger partial charge in [0.2, 0.25) is 0 Å². The van der Waals surface area contributed by atoms with Gasteiger partial charge >= 0.3 is 5.63 Å². The highest BCUT2D eigenvalue weighted by Crippen LogP contribution is 2.28. The predicted molar refractivity (Wildman–Crippen MR) is 86.1 cm³/mol. The van der Waals surface area contributed by atoms with Crippen LogP contribution in [0.3, 0.4) is 0 Å². The third-order valence-corrected chi connectivity index (χ3v) is 3.94. The summed E-state index contributed by atoms with van der Waals surface area (Å²) in [6.45, 7) is 2.66. The summed E-state index contributed by atoms with van der Waals surface area (Å²) in [6.07, 6.45) is 1.22. The molecule has 0 radical (unpaired) electrons. The minimum Gasteiger partial charge on any atom is -0.495 e. The maximum atomic E-state index is 12.4. The van der Waals surface area contributed by atoms with E-state index in [2.05, 4.69) is 4.90 Å². The van der Waals surface area contributed by atoms with Crippen molar-refractivity contribution in [2.24, 2.45) is 0 Å². The number of rotatable bonds is 3. The van der Waals surface area contributed by atoms with Gasteiger partial charge in [-0.25, -0.2) is 4.79 Å². The number of para-hydroxylation sites is 2. The smallest absolute Gasteiger partial charge is 0.335 e. The molecule has 2 aromatic rings. The normalized spacial score (nSPS) is 14.7. The SMILES string of the molecule is COc1ccccc1N1CCN(C(=O)c2ccc(=O)oc2)CC1. The second kappa shape index (κ2) is 6.56. The van der Waals surface area contributed by atoms with Gasteiger partial charge in [0.1, 0.15) is 12.0 Å². The highest BCUT2D eigenvalue weighted by atomic mass is 16.5. The van der Waals surface area contributed by atoms with E-state index in [1.807, 2.05) is 24.3 Å². The number of carbonyl (C=O) groups excluding carboxylic acids is 1. The highest BCUT2D eigenvalue weighted by molar-refractivity contribution is 5.93. The second-order valence-corrected chi connectivity index (χ2v) is 5.29. The van der Waals surface area contributed by atoms with Crippen LogP contribution in [-0.4, -0.2) is 44.1 Å². The molecule has 0 aliphatic carbocycles. The molecule has 0 unspecified atom stereocenters. The number of hydrogen-bond acceptors (Lipinski definition) is 5. The van der Waals surface area contributed by atoms with Gasteiger partial charge in [-0.1, -0.05) is 12.1 Å².